The second-order valence-electron chi connectivity index (χ2n) is 7.61. The Labute approximate surface area is 178 Å². The highest BCUT2D eigenvalue weighted by Gasteiger charge is 2.17. The van der Waals surface area contributed by atoms with Crippen LogP contribution in [0.1, 0.15) is 24.1 Å². The average Bonchev–Trinajstić information content (AvgIpc) is 3.37. The van der Waals surface area contributed by atoms with E-state index in [1.807, 2.05) is 59.1 Å². The van der Waals surface area contributed by atoms with Crippen LogP contribution in [0, 0.1) is 0 Å². The van der Waals surface area contributed by atoms with Gasteiger partial charge in [0.2, 0.25) is 0 Å². The Kier molecular flexibility index (Phi) is 7.24. The number of nitrogens with zero attached hydrogens (tertiary/aromatic N) is 7. The molecule has 3 aromatic rings. The molecule has 0 aliphatic carbocycles. The van der Waals surface area contributed by atoms with Gasteiger partial charge in [-0.25, -0.2) is 4.68 Å². The number of para-hydroxylation sites is 1. The van der Waals surface area contributed by atoms with E-state index in [1.54, 1.807) is 0 Å². The lowest BCUT2D eigenvalue weighted by Crippen LogP contribution is -2.39. The van der Waals surface area contributed by atoms with Crippen molar-refractivity contribution in [3.8, 4) is 5.69 Å². The maximum Gasteiger partial charge on any atom is 0.194 e. The molecule has 160 valence electrons. The Morgan fingerprint density at radius 3 is 2.50 bits per heavy atom. The van der Waals surface area contributed by atoms with Gasteiger partial charge in [-0.15, -0.1) is 0 Å². The first-order valence-corrected chi connectivity index (χ1v) is 10.2. The van der Waals surface area contributed by atoms with Crippen LogP contribution in [-0.2, 0) is 13.6 Å². The average molecular weight is 409 g/mol. The number of benzene rings is 1. The maximum absolute atomic E-state index is 4.91. The van der Waals surface area contributed by atoms with Gasteiger partial charge in [0.05, 0.1) is 30.7 Å². The standard InChI is InChI=1S/C22H32N8/c1-6-23-22(24-14-21(27(2)3)19-13-25-29(5)17-19)28(4)15-18-12-26-30(16-18)20-10-8-7-9-11-20/h7-13,16-17,21H,6,14-15H2,1-5H3,(H,23,24). The van der Waals surface area contributed by atoms with Crippen molar-refractivity contribution in [2.24, 2.45) is 12.0 Å². The van der Waals surface area contributed by atoms with Gasteiger partial charge in [0.1, 0.15) is 0 Å². The maximum atomic E-state index is 4.91. The van der Waals surface area contributed by atoms with Crippen LogP contribution in [0.3, 0.4) is 0 Å². The molecule has 1 atom stereocenters. The van der Waals surface area contributed by atoms with Crippen molar-refractivity contribution in [3.05, 3.63) is 66.2 Å². The van der Waals surface area contributed by atoms with Gasteiger partial charge in [0.15, 0.2) is 5.96 Å². The van der Waals surface area contributed by atoms with E-state index in [4.69, 9.17) is 4.99 Å². The van der Waals surface area contributed by atoms with E-state index in [9.17, 15) is 0 Å². The highest BCUT2D eigenvalue weighted by Crippen LogP contribution is 2.18. The van der Waals surface area contributed by atoms with E-state index < -0.39 is 0 Å². The van der Waals surface area contributed by atoms with Gasteiger partial charge in [-0.2, -0.15) is 10.2 Å². The number of aliphatic imine (C=N–C) groups is 1. The van der Waals surface area contributed by atoms with Crippen molar-refractivity contribution in [2.75, 3.05) is 34.2 Å². The molecule has 0 saturated heterocycles. The molecule has 0 bridgehead atoms. The van der Waals surface area contributed by atoms with E-state index in [2.05, 4.69) is 65.8 Å². The molecule has 8 heteroatoms. The second-order valence-corrected chi connectivity index (χ2v) is 7.61. The van der Waals surface area contributed by atoms with E-state index >= 15 is 0 Å². The fourth-order valence-electron chi connectivity index (χ4n) is 3.33. The Morgan fingerprint density at radius 2 is 1.87 bits per heavy atom. The molecule has 2 aromatic heterocycles. The number of likely N-dealkylation sites (N-methyl/N-ethyl adjacent to an activating group) is 1. The largest absolute Gasteiger partial charge is 0.357 e. The molecule has 0 radical (unpaired) electrons. The summed E-state index contributed by atoms with van der Waals surface area (Å²) in [4.78, 5) is 9.21. The summed E-state index contributed by atoms with van der Waals surface area (Å²) in [6.07, 6.45) is 7.93. The Balaban J connectivity index is 1.71. The molecular weight excluding hydrogens is 376 g/mol. The van der Waals surface area contributed by atoms with Crippen LogP contribution in [0.5, 0.6) is 0 Å². The van der Waals surface area contributed by atoms with Crippen molar-refractivity contribution in [3.63, 3.8) is 0 Å². The molecule has 2 heterocycles. The van der Waals surface area contributed by atoms with Crippen LogP contribution in [0.2, 0.25) is 0 Å². The molecule has 0 fully saturated rings. The fourth-order valence-corrected chi connectivity index (χ4v) is 3.33. The highest BCUT2D eigenvalue weighted by atomic mass is 15.3. The molecule has 0 aliphatic heterocycles. The molecule has 0 aliphatic rings. The molecule has 0 amide bonds. The smallest absolute Gasteiger partial charge is 0.194 e. The normalized spacial score (nSPS) is 12.9. The lowest BCUT2D eigenvalue weighted by molar-refractivity contribution is 0.305. The van der Waals surface area contributed by atoms with Crippen LogP contribution >= 0.6 is 0 Å². The van der Waals surface area contributed by atoms with Crippen LogP contribution in [0.4, 0.5) is 0 Å². The highest BCUT2D eigenvalue weighted by molar-refractivity contribution is 5.79. The summed E-state index contributed by atoms with van der Waals surface area (Å²) in [6.45, 7) is 4.26. The lowest BCUT2D eigenvalue weighted by atomic mass is 10.1. The summed E-state index contributed by atoms with van der Waals surface area (Å²) in [5.41, 5.74) is 3.34. The second kappa shape index (κ2) is 10.1. The monoisotopic (exact) mass is 408 g/mol. The van der Waals surface area contributed by atoms with Gasteiger partial charge in [0, 0.05) is 50.7 Å². The van der Waals surface area contributed by atoms with Crippen molar-refractivity contribution in [1.82, 2.24) is 34.7 Å². The SMILES string of the molecule is CCNC(=NCC(c1cnn(C)c1)N(C)C)N(C)Cc1cnn(-c2ccccc2)c1. The Hall–Kier alpha value is -3.13. The van der Waals surface area contributed by atoms with Crippen LogP contribution < -0.4 is 5.32 Å². The third-order valence-corrected chi connectivity index (χ3v) is 4.92. The molecule has 1 unspecified atom stereocenters. The first-order chi connectivity index (χ1) is 14.5. The first-order valence-electron chi connectivity index (χ1n) is 10.2. The fraction of sp³-hybridized carbons (Fsp3) is 0.409. The number of guanidine groups is 1. The molecule has 0 saturated carbocycles. The zero-order chi connectivity index (χ0) is 21.5. The van der Waals surface area contributed by atoms with E-state index in [-0.39, 0.29) is 6.04 Å². The van der Waals surface area contributed by atoms with Gasteiger partial charge >= 0.3 is 0 Å². The topological polar surface area (TPSA) is 66.5 Å². The predicted molar refractivity (Wildman–Crippen MR) is 121 cm³/mol. The summed E-state index contributed by atoms with van der Waals surface area (Å²) < 4.78 is 3.73. The van der Waals surface area contributed by atoms with E-state index in [0.29, 0.717) is 6.54 Å². The van der Waals surface area contributed by atoms with Crippen LogP contribution in [0.25, 0.3) is 5.69 Å². The van der Waals surface area contributed by atoms with Crippen molar-refractivity contribution < 1.29 is 0 Å². The van der Waals surface area contributed by atoms with Gasteiger partial charge in [-0.3, -0.25) is 9.67 Å². The molecule has 0 spiro atoms. The Morgan fingerprint density at radius 1 is 1.10 bits per heavy atom. The number of hydrogen-bond donors (Lipinski definition) is 1. The molecule has 8 nitrogen and oxygen atoms in total. The number of nitrogens with one attached hydrogen (secondary N) is 1. The first kappa shape index (κ1) is 21.6. The number of aromatic nitrogens is 4. The molecule has 3 rings (SSSR count). The third-order valence-electron chi connectivity index (χ3n) is 4.92. The van der Waals surface area contributed by atoms with Crippen molar-refractivity contribution in [1.29, 1.82) is 0 Å². The molecule has 1 N–H and O–H groups in total. The molecule has 1 aromatic carbocycles. The van der Waals surface area contributed by atoms with Gasteiger partial charge in [-0.05, 0) is 33.2 Å². The van der Waals surface area contributed by atoms with Crippen molar-refractivity contribution in [2.45, 2.75) is 19.5 Å². The molecule has 30 heavy (non-hydrogen) atoms. The van der Waals surface area contributed by atoms with Gasteiger partial charge in [0.25, 0.3) is 0 Å². The Bertz CT molecular complexity index is 941. The minimum Gasteiger partial charge on any atom is -0.357 e. The van der Waals surface area contributed by atoms with E-state index in [0.717, 1.165) is 35.9 Å². The number of hydrogen-bond acceptors (Lipinski definition) is 4. The zero-order valence-corrected chi connectivity index (χ0v) is 18.5. The van der Waals surface area contributed by atoms with Crippen LogP contribution in [-0.4, -0.2) is 69.6 Å². The number of rotatable bonds is 8. The zero-order valence-electron chi connectivity index (χ0n) is 18.5. The summed E-state index contributed by atoms with van der Waals surface area (Å²) in [5, 5.41) is 12.2. The third kappa shape index (κ3) is 5.48. The van der Waals surface area contributed by atoms with Crippen molar-refractivity contribution >= 4 is 5.96 Å². The summed E-state index contributed by atoms with van der Waals surface area (Å²) in [6, 6.07) is 10.3. The summed E-state index contributed by atoms with van der Waals surface area (Å²) >= 11 is 0. The van der Waals surface area contributed by atoms with Gasteiger partial charge < -0.3 is 15.1 Å². The predicted octanol–water partition coefficient (Wildman–Crippen LogP) is 2.31. The number of aryl methyl sites for hydroxylation is 1. The van der Waals surface area contributed by atoms with Gasteiger partial charge in [-0.1, -0.05) is 18.2 Å². The quantitative estimate of drug-likeness (QED) is 0.458. The van der Waals surface area contributed by atoms with E-state index in [1.165, 1.54) is 0 Å². The van der Waals surface area contributed by atoms with Crippen LogP contribution in [0.15, 0.2) is 60.1 Å². The minimum atomic E-state index is 0.168. The molecular formula is C22H32N8. The summed E-state index contributed by atoms with van der Waals surface area (Å²) in [5.74, 6) is 0.876. The minimum absolute atomic E-state index is 0.168. The summed E-state index contributed by atoms with van der Waals surface area (Å²) in [7, 11) is 8.13. The lowest BCUT2D eigenvalue weighted by Gasteiger charge is -2.25.